The lowest BCUT2D eigenvalue weighted by atomic mass is 10.5. The second-order valence-electron chi connectivity index (χ2n) is 1.86. The summed E-state index contributed by atoms with van der Waals surface area (Å²) in [6.07, 6.45) is 2.92. The SMILES string of the molecule is CC.Nc1ncnc2nc[nH]c12. The Morgan fingerprint density at radius 3 is 2.67 bits per heavy atom. The van der Waals surface area contributed by atoms with Gasteiger partial charge in [0.05, 0.1) is 6.33 Å². The minimum atomic E-state index is 0.433. The van der Waals surface area contributed by atoms with Gasteiger partial charge in [-0.2, -0.15) is 0 Å². The molecule has 0 saturated carbocycles. The number of rotatable bonds is 0. The van der Waals surface area contributed by atoms with E-state index in [9.17, 15) is 0 Å². The van der Waals surface area contributed by atoms with Gasteiger partial charge in [0.15, 0.2) is 11.5 Å². The Labute approximate surface area is 70.1 Å². The van der Waals surface area contributed by atoms with Gasteiger partial charge in [-0.25, -0.2) is 15.0 Å². The van der Waals surface area contributed by atoms with Crippen molar-refractivity contribution in [3.05, 3.63) is 12.7 Å². The third-order valence-corrected chi connectivity index (χ3v) is 1.25. The Balaban J connectivity index is 0.000000336. The number of nitrogens with two attached hydrogens (primary N) is 1. The second-order valence-corrected chi connectivity index (χ2v) is 1.86. The van der Waals surface area contributed by atoms with Crippen LogP contribution in [0.15, 0.2) is 12.7 Å². The number of nitrogens with zero attached hydrogens (tertiary/aromatic N) is 3. The maximum absolute atomic E-state index is 5.48. The van der Waals surface area contributed by atoms with Gasteiger partial charge >= 0.3 is 0 Å². The second kappa shape index (κ2) is 3.66. The molecule has 0 unspecified atom stereocenters. The summed E-state index contributed by atoms with van der Waals surface area (Å²) in [7, 11) is 0. The van der Waals surface area contributed by atoms with E-state index in [2.05, 4.69) is 19.9 Å². The molecule has 0 fully saturated rings. The lowest BCUT2D eigenvalue weighted by Gasteiger charge is -1.89. The number of hydrogen-bond donors (Lipinski definition) is 2. The molecule has 64 valence electrons. The molecule has 2 rings (SSSR count). The minimum Gasteiger partial charge on any atom is -0.382 e. The van der Waals surface area contributed by atoms with Crippen LogP contribution in [-0.4, -0.2) is 19.9 Å². The molecular weight excluding hydrogens is 154 g/mol. The van der Waals surface area contributed by atoms with Crippen molar-refractivity contribution in [1.82, 2.24) is 19.9 Å². The van der Waals surface area contributed by atoms with Crippen LogP contribution >= 0.6 is 0 Å². The fraction of sp³-hybridized carbons (Fsp3) is 0.286. The molecule has 5 heteroatoms. The molecule has 0 aliphatic carbocycles. The van der Waals surface area contributed by atoms with E-state index in [1.54, 1.807) is 0 Å². The average molecular weight is 165 g/mol. The quantitative estimate of drug-likeness (QED) is 0.609. The molecule has 2 aromatic rings. The molecule has 0 aliphatic heterocycles. The lowest BCUT2D eigenvalue weighted by Crippen LogP contribution is -1.91. The van der Waals surface area contributed by atoms with E-state index in [1.807, 2.05) is 13.8 Å². The van der Waals surface area contributed by atoms with Crippen LogP contribution in [0.4, 0.5) is 5.82 Å². The highest BCUT2D eigenvalue weighted by atomic mass is 15.0. The van der Waals surface area contributed by atoms with Crippen molar-refractivity contribution in [2.75, 3.05) is 5.73 Å². The molecule has 5 nitrogen and oxygen atoms in total. The zero-order chi connectivity index (χ0) is 8.97. The molecule has 0 atom stereocenters. The number of nitrogen functional groups attached to an aromatic ring is 1. The van der Waals surface area contributed by atoms with Crippen molar-refractivity contribution < 1.29 is 0 Å². The van der Waals surface area contributed by atoms with Gasteiger partial charge < -0.3 is 10.7 Å². The van der Waals surface area contributed by atoms with Gasteiger partial charge in [-0.05, 0) is 0 Å². The van der Waals surface area contributed by atoms with Crippen LogP contribution in [0.3, 0.4) is 0 Å². The summed E-state index contributed by atoms with van der Waals surface area (Å²) in [4.78, 5) is 14.4. The predicted molar refractivity (Wildman–Crippen MR) is 47.4 cm³/mol. The van der Waals surface area contributed by atoms with Gasteiger partial charge in [0, 0.05) is 0 Å². The van der Waals surface area contributed by atoms with Gasteiger partial charge in [0.1, 0.15) is 11.8 Å². The van der Waals surface area contributed by atoms with Gasteiger partial charge in [-0.1, -0.05) is 13.8 Å². The number of hydrogen-bond acceptors (Lipinski definition) is 4. The molecule has 2 aromatic heterocycles. The number of H-pyrrole nitrogens is 1. The van der Waals surface area contributed by atoms with Crippen LogP contribution < -0.4 is 5.73 Å². The van der Waals surface area contributed by atoms with E-state index >= 15 is 0 Å². The Morgan fingerprint density at radius 2 is 2.00 bits per heavy atom. The van der Waals surface area contributed by atoms with Crippen molar-refractivity contribution in [1.29, 1.82) is 0 Å². The summed E-state index contributed by atoms with van der Waals surface area (Å²) in [6, 6.07) is 0. The summed E-state index contributed by atoms with van der Waals surface area (Å²) in [5.41, 5.74) is 6.78. The first-order valence-corrected chi connectivity index (χ1v) is 3.77. The Kier molecular flexibility index (Phi) is 2.57. The standard InChI is InChI=1S/C5H5N5.C2H6/c6-4-3-5(9-1-7-3)10-2-8-4;1-2/h1-2H,(H3,6,7,8,9,10);1-2H3. The highest BCUT2D eigenvalue weighted by Gasteiger charge is 1.99. The van der Waals surface area contributed by atoms with Gasteiger partial charge in [-0.15, -0.1) is 0 Å². The van der Waals surface area contributed by atoms with E-state index in [0.717, 1.165) is 0 Å². The molecule has 0 aromatic carbocycles. The Hall–Kier alpha value is -1.65. The number of fused-ring (bicyclic) bond motifs is 1. The maximum Gasteiger partial charge on any atom is 0.182 e. The fourth-order valence-corrected chi connectivity index (χ4v) is 0.784. The molecule has 0 aliphatic rings. The third-order valence-electron chi connectivity index (χ3n) is 1.25. The number of anilines is 1. The van der Waals surface area contributed by atoms with E-state index in [4.69, 9.17) is 5.73 Å². The molecule has 0 amide bonds. The van der Waals surface area contributed by atoms with Crippen molar-refractivity contribution in [2.45, 2.75) is 13.8 Å². The van der Waals surface area contributed by atoms with Crippen molar-refractivity contribution in [3.8, 4) is 0 Å². The summed E-state index contributed by atoms with van der Waals surface area (Å²) in [6.45, 7) is 4.00. The van der Waals surface area contributed by atoms with Crippen molar-refractivity contribution in [3.63, 3.8) is 0 Å². The molecule has 0 spiro atoms. The van der Waals surface area contributed by atoms with Gasteiger partial charge in [0.2, 0.25) is 0 Å². The molecule has 2 heterocycles. The van der Waals surface area contributed by atoms with E-state index in [-0.39, 0.29) is 0 Å². The van der Waals surface area contributed by atoms with Crippen LogP contribution in [0.2, 0.25) is 0 Å². The highest BCUT2D eigenvalue weighted by Crippen LogP contribution is 2.09. The summed E-state index contributed by atoms with van der Waals surface area (Å²) < 4.78 is 0. The molecular formula is C7H11N5. The van der Waals surface area contributed by atoms with Gasteiger partial charge in [0.25, 0.3) is 0 Å². The highest BCUT2D eigenvalue weighted by molar-refractivity contribution is 5.80. The summed E-state index contributed by atoms with van der Waals surface area (Å²) >= 11 is 0. The molecule has 0 bridgehead atoms. The van der Waals surface area contributed by atoms with Crippen molar-refractivity contribution in [2.24, 2.45) is 0 Å². The first-order chi connectivity index (χ1) is 5.88. The van der Waals surface area contributed by atoms with E-state index in [0.29, 0.717) is 17.0 Å². The maximum atomic E-state index is 5.48. The zero-order valence-electron chi connectivity index (χ0n) is 7.07. The zero-order valence-corrected chi connectivity index (χ0v) is 7.07. The molecule has 3 N–H and O–H groups in total. The van der Waals surface area contributed by atoms with Crippen LogP contribution in [0.1, 0.15) is 13.8 Å². The van der Waals surface area contributed by atoms with E-state index in [1.165, 1.54) is 12.7 Å². The van der Waals surface area contributed by atoms with Crippen LogP contribution in [0.5, 0.6) is 0 Å². The Morgan fingerprint density at radius 1 is 1.25 bits per heavy atom. The normalized spacial score (nSPS) is 9.17. The van der Waals surface area contributed by atoms with Crippen LogP contribution in [-0.2, 0) is 0 Å². The number of imidazole rings is 1. The summed E-state index contributed by atoms with van der Waals surface area (Å²) in [5, 5.41) is 0. The van der Waals surface area contributed by atoms with E-state index < -0.39 is 0 Å². The monoisotopic (exact) mass is 165 g/mol. The van der Waals surface area contributed by atoms with Gasteiger partial charge in [-0.3, -0.25) is 0 Å². The molecule has 0 saturated heterocycles. The predicted octanol–water partition coefficient (Wildman–Crippen LogP) is 0.961. The topological polar surface area (TPSA) is 80.5 Å². The first kappa shape index (κ1) is 8.45. The fourth-order valence-electron chi connectivity index (χ4n) is 0.784. The third kappa shape index (κ3) is 1.34. The van der Waals surface area contributed by atoms with Crippen molar-refractivity contribution >= 4 is 17.0 Å². The first-order valence-electron chi connectivity index (χ1n) is 3.77. The lowest BCUT2D eigenvalue weighted by molar-refractivity contribution is 1.21. The number of aromatic nitrogens is 4. The average Bonchev–Trinajstić information content (AvgIpc) is 2.57. The smallest absolute Gasteiger partial charge is 0.182 e. The molecule has 12 heavy (non-hydrogen) atoms. The minimum absolute atomic E-state index is 0.433. The number of nitrogens with one attached hydrogen (secondary N) is 1. The summed E-state index contributed by atoms with van der Waals surface area (Å²) in [5.74, 6) is 0.433. The largest absolute Gasteiger partial charge is 0.382 e. The van der Waals surface area contributed by atoms with Crippen LogP contribution in [0, 0.1) is 0 Å². The molecule has 0 radical (unpaired) electrons. The Bertz CT molecular complexity index is 353. The number of aromatic amines is 1. The van der Waals surface area contributed by atoms with Crippen LogP contribution in [0.25, 0.3) is 11.2 Å².